The molecule has 1 aliphatic heterocycles. The number of aromatic nitrogens is 5. The summed E-state index contributed by atoms with van der Waals surface area (Å²) in [6.07, 6.45) is 8.71. The maximum atomic E-state index is 12.4. The fourth-order valence-electron chi connectivity index (χ4n) is 2.91. The fourth-order valence-corrected chi connectivity index (χ4v) is 3.44. The van der Waals surface area contributed by atoms with Crippen LogP contribution in [0.3, 0.4) is 0 Å². The summed E-state index contributed by atoms with van der Waals surface area (Å²) in [7, 11) is 0. The fraction of sp³-hybridized carbons (Fsp3) is 0.312. The molecular formula is C16H17N7OS. The van der Waals surface area contributed by atoms with Gasteiger partial charge in [0.25, 0.3) is 0 Å². The van der Waals surface area contributed by atoms with Crippen molar-refractivity contribution in [3.05, 3.63) is 42.4 Å². The van der Waals surface area contributed by atoms with E-state index in [-0.39, 0.29) is 11.8 Å². The van der Waals surface area contributed by atoms with Crippen molar-refractivity contribution in [3.8, 4) is 5.82 Å². The van der Waals surface area contributed by atoms with E-state index in [1.807, 2.05) is 23.7 Å². The molecular weight excluding hydrogens is 338 g/mol. The Kier molecular flexibility index (Phi) is 4.38. The van der Waals surface area contributed by atoms with Crippen LogP contribution in [0.1, 0.15) is 12.8 Å². The number of nitrogens with one attached hydrogen (secondary N) is 1. The van der Waals surface area contributed by atoms with Gasteiger partial charge in [0.05, 0.1) is 5.92 Å². The Bertz CT molecular complexity index is 817. The van der Waals surface area contributed by atoms with Crippen molar-refractivity contribution in [1.82, 2.24) is 24.7 Å². The number of thiazole rings is 1. The Morgan fingerprint density at radius 2 is 2.12 bits per heavy atom. The van der Waals surface area contributed by atoms with Crippen molar-refractivity contribution in [3.63, 3.8) is 0 Å². The topological polar surface area (TPSA) is 88.8 Å². The van der Waals surface area contributed by atoms with Gasteiger partial charge in [-0.05, 0) is 25.0 Å². The van der Waals surface area contributed by atoms with E-state index in [4.69, 9.17) is 0 Å². The first kappa shape index (κ1) is 15.7. The number of piperidine rings is 1. The van der Waals surface area contributed by atoms with Crippen molar-refractivity contribution in [1.29, 1.82) is 0 Å². The standard InChI is InChI=1S/C16H17N7OS/c24-15(19-16-18-6-9-25-16)12-2-1-7-22(10-12)13-3-4-14(21-20-13)23-8-5-17-11-23/h3-6,8-9,11-12H,1-2,7,10H2,(H,18,19,24)/t12-/m1/s1. The van der Waals surface area contributed by atoms with Gasteiger partial charge in [-0.1, -0.05) is 0 Å². The molecule has 4 rings (SSSR count). The molecule has 0 saturated carbocycles. The Labute approximate surface area is 148 Å². The monoisotopic (exact) mass is 355 g/mol. The number of carbonyl (C=O) groups is 1. The first-order valence-electron chi connectivity index (χ1n) is 8.07. The Hall–Kier alpha value is -2.81. The van der Waals surface area contributed by atoms with Gasteiger partial charge in [-0.15, -0.1) is 21.5 Å². The molecule has 3 aromatic heterocycles. The molecule has 1 amide bonds. The summed E-state index contributed by atoms with van der Waals surface area (Å²) in [4.78, 5) is 22.7. The largest absolute Gasteiger partial charge is 0.354 e. The third-order valence-corrected chi connectivity index (χ3v) is 4.87. The molecule has 0 unspecified atom stereocenters. The Morgan fingerprint density at radius 1 is 1.24 bits per heavy atom. The lowest BCUT2D eigenvalue weighted by atomic mass is 9.97. The highest BCUT2D eigenvalue weighted by atomic mass is 32.1. The van der Waals surface area contributed by atoms with Gasteiger partial charge < -0.3 is 10.2 Å². The molecule has 1 atom stereocenters. The van der Waals surface area contributed by atoms with E-state index < -0.39 is 0 Å². The van der Waals surface area contributed by atoms with Crippen LogP contribution in [0.25, 0.3) is 5.82 Å². The van der Waals surface area contributed by atoms with Crippen molar-refractivity contribution >= 4 is 28.2 Å². The number of carbonyl (C=O) groups excluding carboxylic acids is 1. The van der Waals surface area contributed by atoms with Crippen LogP contribution in [0, 0.1) is 5.92 Å². The second kappa shape index (κ2) is 6.98. The van der Waals surface area contributed by atoms with Crippen LogP contribution in [0.5, 0.6) is 0 Å². The highest BCUT2D eigenvalue weighted by Gasteiger charge is 2.27. The zero-order valence-corrected chi connectivity index (χ0v) is 14.3. The number of nitrogens with zero attached hydrogens (tertiary/aromatic N) is 6. The predicted octanol–water partition coefficient (Wildman–Crippen LogP) is 1.97. The Balaban J connectivity index is 1.43. The lowest BCUT2D eigenvalue weighted by Gasteiger charge is -2.32. The van der Waals surface area contributed by atoms with Crippen molar-refractivity contribution in [2.75, 3.05) is 23.3 Å². The third kappa shape index (κ3) is 3.50. The second-order valence-corrected chi connectivity index (χ2v) is 6.73. The van der Waals surface area contributed by atoms with Gasteiger partial charge in [0.15, 0.2) is 16.8 Å². The number of amides is 1. The summed E-state index contributed by atoms with van der Waals surface area (Å²) in [5.41, 5.74) is 0. The average molecular weight is 355 g/mol. The molecule has 3 aromatic rings. The lowest BCUT2D eigenvalue weighted by Crippen LogP contribution is -2.41. The quantitative estimate of drug-likeness (QED) is 0.770. The van der Waals surface area contributed by atoms with E-state index in [0.29, 0.717) is 11.7 Å². The van der Waals surface area contributed by atoms with E-state index in [1.165, 1.54) is 11.3 Å². The number of hydrogen-bond donors (Lipinski definition) is 1. The SMILES string of the molecule is O=C(Nc1nccs1)[C@@H]1CCCN(c2ccc(-n3ccnc3)nn2)C1. The van der Waals surface area contributed by atoms with Gasteiger partial charge in [-0.2, -0.15) is 0 Å². The number of anilines is 2. The zero-order valence-electron chi connectivity index (χ0n) is 13.4. The summed E-state index contributed by atoms with van der Waals surface area (Å²) in [6, 6.07) is 3.84. The summed E-state index contributed by atoms with van der Waals surface area (Å²) in [5, 5.41) is 13.9. The van der Waals surface area contributed by atoms with Gasteiger partial charge in [0.2, 0.25) is 5.91 Å². The molecule has 128 valence electrons. The van der Waals surface area contributed by atoms with Gasteiger partial charge in [-0.25, -0.2) is 9.97 Å². The van der Waals surface area contributed by atoms with Gasteiger partial charge >= 0.3 is 0 Å². The van der Waals surface area contributed by atoms with Crippen LogP contribution in [-0.4, -0.2) is 43.7 Å². The molecule has 8 nitrogen and oxygen atoms in total. The number of imidazole rings is 1. The molecule has 0 aromatic carbocycles. The van der Waals surface area contributed by atoms with Crippen molar-refractivity contribution < 1.29 is 4.79 Å². The molecule has 0 radical (unpaired) electrons. The zero-order chi connectivity index (χ0) is 17.1. The Morgan fingerprint density at radius 3 is 2.84 bits per heavy atom. The number of hydrogen-bond acceptors (Lipinski definition) is 7. The smallest absolute Gasteiger partial charge is 0.231 e. The molecule has 1 N–H and O–H groups in total. The molecule has 1 aliphatic rings. The molecule has 0 spiro atoms. The highest BCUT2D eigenvalue weighted by molar-refractivity contribution is 7.13. The van der Waals surface area contributed by atoms with Gasteiger partial charge in [0, 0.05) is 37.1 Å². The minimum atomic E-state index is -0.0761. The summed E-state index contributed by atoms with van der Waals surface area (Å²) in [5.74, 6) is 1.45. The molecule has 9 heteroatoms. The maximum Gasteiger partial charge on any atom is 0.231 e. The van der Waals surface area contributed by atoms with Crippen molar-refractivity contribution in [2.24, 2.45) is 5.92 Å². The maximum absolute atomic E-state index is 12.4. The van der Waals surface area contributed by atoms with Crippen LogP contribution >= 0.6 is 11.3 Å². The van der Waals surface area contributed by atoms with Crippen LogP contribution in [0.2, 0.25) is 0 Å². The highest BCUT2D eigenvalue weighted by Crippen LogP contribution is 2.23. The van der Waals surface area contributed by atoms with E-state index in [2.05, 4.69) is 30.4 Å². The van der Waals surface area contributed by atoms with Crippen LogP contribution in [0.15, 0.2) is 42.4 Å². The van der Waals surface area contributed by atoms with E-state index in [9.17, 15) is 4.79 Å². The molecule has 1 saturated heterocycles. The minimum absolute atomic E-state index is 0.0163. The lowest BCUT2D eigenvalue weighted by molar-refractivity contribution is -0.120. The normalized spacial score (nSPS) is 17.4. The van der Waals surface area contributed by atoms with Gasteiger partial charge in [-0.3, -0.25) is 9.36 Å². The predicted molar refractivity (Wildman–Crippen MR) is 94.8 cm³/mol. The van der Waals surface area contributed by atoms with Crippen LogP contribution in [-0.2, 0) is 4.79 Å². The van der Waals surface area contributed by atoms with Crippen molar-refractivity contribution in [2.45, 2.75) is 12.8 Å². The van der Waals surface area contributed by atoms with Crippen LogP contribution in [0.4, 0.5) is 10.9 Å². The molecule has 0 bridgehead atoms. The second-order valence-electron chi connectivity index (χ2n) is 5.83. The first-order valence-corrected chi connectivity index (χ1v) is 8.95. The summed E-state index contributed by atoms with van der Waals surface area (Å²) in [6.45, 7) is 1.51. The van der Waals surface area contributed by atoms with E-state index in [0.717, 1.165) is 31.0 Å². The molecule has 0 aliphatic carbocycles. The molecule has 25 heavy (non-hydrogen) atoms. The molecule has 4 heterocycles. The number of rotatable bonds is 4. The summed E-state index contributed by atoms with van der Waals surface area (Å²) >= 11 is 1.43. The summed E-state index contributed by atoms with van der Waals surface area (Å²) < 4.78 is 1.80. The first-order chi connectivity index (χ1) is 12.3. The van der Waals surface area contributed by atoms with E-state index >= 15 is 0 Å². The average Bonchev–Trinajstić information content (AvgIpc) is 3.36. The minimum Gasteiger partial charge on any atom is -0.354 e. The molecule has 1 fully saturated rings. The third-order valence-electron chi connectivity index (χ3n) is 4.18. The van der Waals surface area contributed by atoms with E-state index in [1.54, 1.807) is 23.3 Å². The van der Waals surface area contributed by atoms with Crippen LogP contribution < -0.4 is 10.2 Å². The van der Waals surface area contributed by atoms with Gasteiger partial charge in [0.1, 0.15) is 6.33 Å².